The van der Waals surface area contributed by atoms with E-state index in [4.69, 9.17) is 0 Å². The number of anilines is 3. The van der Waals surface area contributed by atoms with Gasteiger partial charge in [-0.15, -0.1) is 0 Å². The second kappa shape index (κ2) is 7.63. The van der Waals surface area contributed by atoms with E-state index in [1.807, 2.05) is 55.6 Å². The topological polar surface area (TPSA) is 75.1 Å². The second-order valence-corrected chi connectivity index (χ2v) is 6.82. The van der Waals surface area contributed by atoms with E-state index < -0.39 is 0 Å². The SMILES string of the molecule is CNc1nc2cnc(Nc3ccc(C(=O)N(C)C)cc3)cc2n1-c1ccccc1. The van der Waals surface area contributed by atoms with E-state index in [0.717, 1.165) is 28.4 Å². The van der Waals surface area contributed by atoms with Crippen LogP contribution in [0.25, 0.3) is 16.7 Å². The van der Waals surface area contributed by atoms with Gasteiger partial charge in [-0.1, -0.05) is 18.2 Å². The normalized spacial score (nSPS) is 10.7. The Bertz CT molecular complexity index is 1150. The summed E-state index contributed by atoms with van der Waals surface area (Å²) in [5.74, 6) is 1.42. The van der Waals surface area contributed by atoms with Crippen molar-refractivity contribution in [3.63, 3.8) is 0 Å². The lowest BCUT2D eigenvalue weighted by molar-refractivity contribution is 0.0827. The first kappa shape index (κ1) is 18.5. The van der Waals surface area contributed by atoms with E-state index in [0.29, 0.717) is 11.4 Å². The van der Waals surface area contributed by atoms with Gasteiger partial charge in [-0.25, -0.2) is 9.97 Å². The van der Waals surface area contributed by atoms with Crippen LogP contribution in [-0.4, -0.2) is 46.5 Å². The van der Waals surface area contributed by atoms with Gasteiger partial charge in [-0.2, -0.15) is 0 Å². The Morgan fingerprint density at radius 3 is 2.41 bits per heavy atom. The molecule has 2 aromatic heterocycles. The molecule has 4 aromatic rings. The summed E-state index contributed by atoms with van der Waals surface area (Å²) in [5, 5.41) is 6.45. The summed E-state index contributed by atoms with van der Waals surface area (Å²) in [6.07, 6.45) is 1.75. The van der Waals surface area contributed by atoms with Crippen LogP contribution in [0, 0.1) is 0 Å². The van der Waals surface area contributed by atoms with Crippen molar-refractivity contribution < 1.29 is 4.79 Å². The first-order chi connectivity index (χ1) is 14.1. The molecule has 4 rings (SSSR count). The zero-order valence-corrected chi connectivity index (χ0v) is 16.5. The highest BCUT2D eigenvalue weighted by Crippen LogP contribution is 2.27. The molecule has 0 aliphatic heterocycles. The number of nitrogens with zero attached hydrogens (tertiary/aromatic N) is 4. The van der Waals surface area contributed by atoms with Gasteiger partial charge in [-0.3, -0.25) is 9.36 Å². The molecular weight excluding hydrogens is 364 g/mol. The molecular formula is C22H22N6O. The fourth-order valence-corrected chi connectivity index (χ4v) is 3.16. The maximum Gasteiger partial charge on any atom is 0.253 e. The molecule has 2 aromatic carbocycles. The Morgan fingerprint density at radius 1 is 1.03 bits per heavy atom. The fourth-order valence-electron chi connectivity index (χ4n) is 3.16. The minimum atomic E-state index is -0.0255. The van der Waals surface area contributed by atoms with Gasteiger partial charge in [0.05, 0.1) is 11.7 Å². The number of nitrogens with one attached hydrogen (secondary N) is 2. The third-order valence-electron chi connectivity index (χ3n) is 4.59. The standard InChI is InChI=1S/C22H22N6O/c1-23-22-26-18-14-24-20(13-19(18)28(22)17-7-5-4-6-8-17)25-16-11-9-15(10-12-16)21(29)27(2)3/h4-14H,1-3H3,(H,23,26)(H,24,25). The predicted octanol–water partition coefficient (Wildman–Crippen LogP) is 3.91. The molecule has 0 bridgehead atoms. The van der Waals surface area contributed by atoms with Crippen LogP contribution in [0.15, 0.2) is 66.9 Å². The van der Waals surface area contributed by atoms with Crippen LogP contribution in [-0.2, 0) is 0 Å². The number of benzene rings is 2. The third-order valence-corrected chi connectivity index (χ3v) is 4.59. The van der Waals surface area contributed by atoms with Gasteiger partial charge in [0.2, 0.25) is 5.95 Å². The lowest BCUT2D eigenvalue weighted by Gasteiger charge is -2.11. The summed E-state index contributed by atoms with van der Waals surface area (Å²) >= 11 is 0. The van der Waals surface area contributed by atoms with E-state index in [9.17, 15) is 4.79 Å². The van der Waals surface area contributed by atoms with E-state index >= 15 is 0 Å². The van der Waals surface area contributed by atoms with E-state index in [-0.39, 0.29) is 5.91 Å². The van der Waals surface area contributed by atoms with E-state index in [1.165, 1.54) is 0 Å². The number of rotatable bonds is 5. The summed E-state index contributed by atoms with van der Waals surface area (Å²) in [6, 6.07) is 19.4. The van der Waals surface area contributed by atoms with Crippen LogP contribution in [0.3, 0.4) is 0 Å². The van der Waals surface area contributed by atoms with E-state index in [1.54, 1.807) is 37.3 Å². The summed E-state index contributed by atoms with van der Waals surface area (Å²) in [7, 11) is 5.33. The van der Waals surface area contributed by atoms with Gasteiger partial charge in [0.25, 0.3) is 5.91 Å². The zero-order chi connectivity index (χ0) is 20.4. The molecule has 0 aliphatic carbocycles. The van der Waals surface area contributed by atoms with Crippen molar-refractivity contribution in [3.05, 3.63) is 72.4 Å². The largest absolute Gasteiger partial charge is 0.358 e. The maximum absolute atomic E-state index is 12.0. The van der Waals surface area contributed by atoms with Crippen molar-refractivity contribution >= 4 is 34.4 Å². The van der Waals surface area contributed by atoms with Gasteiger partial charge in [0.15, 0.2) is 0 Å². The second-order valence-electron chi connectivity index (χ2n) is 6.82. The lowest BCUT2D eigenvalue weighted by Crippen LogP contribution is -2.21. The zero-order valence-electron chi connectivity index (χ0n) is 16.5. The summed E-state index contributed by atoms with van der Waals surface area (Å²) in [4.78, 5) is 22.7. The predicted molar refractivity (Wildman–Crippen MR) is 116 cm³/mol. The molecule has 0 saturated carbocycles. The van der Waals surface area contributed by atoms with Gasteiger partial charge in [0, 0.05) is 44.1 Å². The number of fused-ring (bicyclic) bond motifs is 1. The number of hydrogen-bond donors (Lipinski definition) is 2. The van der Waals surface area contributed by atoms with Crippen molar-refractivity contribution in [2.24, 2.45) is 0 Å². The number of carbonyl (C=O) groups is 1. The van der Waals surface area contributed by atoms with Crippen LogP contribution < -0.4 is 10.6 Å². The Hall–Kier alpha value is -3.87. The Balaban J connectivity index is 1.68. The maximum atomic E-state index is 12.0. The number of carbonyl (C=O) groups excluding carboxylic acids is 1. The van der Waals surface area contributed by atoms with Crippen LogP contribution in [0.1, 0.15) is 10.4 Å². The number of amides is 1. The monoisotopic (exact) mass is 386 g/mol. The molecule has 0 saturated heterocycles. The van der Waals surface area contributed by atoms with Gasteiger partial charge >= 0.3 is 0 Å². The van der Waals surface area contributed by atoms with Gasteiger partial charge in [-0.05, 0) is 36.4 Å². The first-order valence-corrected chi connectivity index (χ1v) is 9.27. The molecule has 0 unspecified atom stereocenters. The molecule has 0 radical (unpaired) electrons. The number of aromatic nitrogens is 3. The number of hydrogen-bond acceptors (Lipinski definition) is 5. The van der Waals surface area contributed by atoms with Crippen molar-refractivity contribution in [1.29, 1.82) is 0 Å². The molecule has 7 nitrogen and oxygen atoms in total. The Morgan fingerprint density at radius 2 is 1.76 bits per heavy atom. The summed E-state index contributed by atoms with van der Waals surface area (Å²) in [6.45, 7) is 0. The van der Waals surface area contributed by atoms with Crippen molar-refractivity contribution in [2.45, 2.75) is 0 Å². The average Bonchev–Trinajstić information content (AvgIpc) is 3.12. The van der Waals surface area contributed by atoms with Gasteiger partial charge < -0.3 is 15.5 Å². The fraction of sp³-hybridized carbons (Fsp3) is 0.136. The molecule has 146 valence electrons. The van der Waals surface area contributed by atoms with E-state index in [2.05, 4.69) is 25.2 Å². The molecule has 0 atom stereocenters. The minimum absolute atomic E-state index is 0.0255. The van der Waals surface area contributed by atoms with Crippen LogP contribution in [0.5, 0.6) is 0 Å². The Kier molecular flexibility index (Phi) is 4.87. The molecule has 1 amide bonds. The molecule has 7 heteroatoms. The highest BCUT2D eigenvalue weighted by Gasteiger charge is 2.13. The molecule has 0 fully saturated rings. The quantitative estimate of drug-likeness (QED) is 0.544. The highest BCUT2D eigenvalue weighted by molar-refractivity contribution is 5.94. The van der Waals surface area contributed by atoms with Crippen LogP contribution in [0.4, 0.5) is 17.5 Å². The first-order valence-electron chi connectivity index (χ1n) is 9.27. The molecule has 29 heavy (non-hydrogen) atoms. The van der Waals surface area contributed by atoms with Crippen LogP contribution in [0.2, 0.25) is 0 Å². The highest BCUT2D eigenvalue weighted by atomic mass is 16.2. The molecule has 0 spiro atoms. The number of imidazole rings is 1. The average molecular weight is 386 g/mol. The molecule has 0 aliphatic rings. The minimum Gasteiger partial charge on any atom is -0.358 e. The Labute approximate surface area is 169 Å². The molecule has 2 N–H and O–H groups in total. The van der Waals surface area contributed by atoms with Crippen LogP contribution >= 0.6 is 0 Å². The smallest absolute Gasteiger partial charge is 0.253 e. The number of pyridine rings is 1. The van der Waals surface area contributed by atoms with Crippen molar-refractivity contribution in [1.82, 2.24) is 19.4 Å². The lowest BCUT2D eigenvalue weighted by atomic mass is 10.2. The molecule has 2 heterocycles. The van der Waals surface area contributed by atoms with Gasteiger partial charge in [0.1, 0.15) is 11.3 Å². The van der Waals surface area contributed by atoms with Crippen molar-refractivity contribution in [2.75, 3.05) is 31.8 Å². The summed E-state index contributed by atoms with van der Waals surface area (Å²) < 4.78 is 2.06. The number of para-hydroxylation sites is 1. The summed E-state index contributed by atoms with van der Waals surface area (Å²) in [5.41, 5.74) is 4.26. The van der Waals surface area contributed by atoms with Crippen molar-refractivity contribution in [3.8, 4) is 5.69 Å². The third kappa shape index (κ3) is 3.62.